The second-order valence-corrected chi connectivity index (χ2v) is 11.9. The molecular weight excluding hydrogens is 632 g/mol. The van der Waals surface area contributed by atoms with Crippen molar-refractivity contribution in [1.82, 2.24) is 26.6 Å². The number of amides is 6. The fourth-order valence-electron chi connectivity index (χ4n) is 4.47. The van der Waals surface area contributed by atoms with Crippen LogP contribution in [0, 0.1) is 5.92 Å². The summed E-state index contributed by atoms with van der Waals surface area (Å²) in [5.74, 6) is -7.17. The lowest BCUT2D eigenvalue weighted by Gasteiger charge is -2.29. The molecule has 17 N–H and O–H groups in total. The minimum Gasteiger partial charge on any atom is -0.480 e. The molecule has 0 spiro atoms. The predicted octanol–water partition coefficient (Wildman–Crippen LogP) is -4.66. The molecular formula is C29H56N10O9. The van der Waals surface area contributed by atoms with Gasteiger partial charge in [0.2, 0.25) is 35.4 Å². The summed E-state index contributed by atoms with van der Waals surface area (Å²) < 4.78 is 0. The third kappa shape index (κ3) is 16.8. The Morgan fingerprint density at radius 1 is 0.583 bits per heavy atom. The number of carbonyl (C=O) groups excluding carboxylic acids is 6. The number of aliphatic carboxylic acids is 1. The Bertz CT molecular complexity index is 1080. The minimum absolute atomic E-state index is 0.00338. The molecule has 0 saturated carbocycles. The average molecular weight is 689 g/mol. The number of carbonyl (C=O) groups is 7. The SMILES string of the molecule is CC(C)[C@H](NC(=O)[C@H](CCCN)NC(=O)[C@@H](NC(=O)[C@@H](N)CCCCN)[C@@H](C)O)C(=O)N[C@@H](CC(N)=O)C(=O)N[C@@H](CCCN)C(=O)O. The first kappa shape index (κ1) is 44.1. The van der Waals surface area contributed by atoms with Gasteiger partial charge in [0.1, 0.15) is 30.2 Å². The van der Waals surface area contributed by atoms with Gasteiger partial charge in [-0.15, -0.1) is 0 Å². The smallest absolute Gasteiger partial charge is 0.326 e. The Morgan fingerprint density at radius 2 is 1.04 bits per heavy atom. The van der Waals surface area contributed by atoms with Crippen molar-refractivity contribution < 1.29 is 43.8 Å². The largest absolute Gasteiger partial charge is 0.480 e. The van der Waals surface area contributed by atoms with E-state index in [1.54, 1.807) is 13.8 Å². The summed E-state index contributed by atoms with van der Waals surface area (Å²) in [6.45, 7) is 5.18. The van der Waals surface area contributed by atoms with Crippen LogP contribution in [0.3, 0.4) is 0 Å². The Balaban J connectivity index is 5.90. The summed E-state index contributed by atoms with van der Waals surface area (Å²) in [5, 5.41) is 31.7. The number of aliphatic hydroxyl groups excluding tert-OH is 1. The molecule has 6 amide bonds. The van der Waals surface area contributed by atoms with Crippen LogP contribution in [-0.2, 0) is 33.6 Å². The van der Waals surface area contributed by atoms with E-state index in [2.05, 4.69) is 26.6 Å². The van der Waals surface area contributed by atoms with Crippen LogP contribution in [0.1, 0.15) is 72.1 Å². The van der Waals surface area contributed by atoms with Crippen LogP contribution in [0.25, 0.3) is 0 Å². The summed E-state index contributed by atoms with van der Waals surface area (Å²) in [6, 6.07) is -7.92. The maximum atomic E-state index is 13.4. The molecule has 0 aliphatic rings. The number of rotatable bonds is 25. The topological polar surface area (TPSA) is 350 Å². The molecule has 0 aromatic rings. The first-order valence-electron chi connectivity index (χ1n) is 16.1. The first-order valence-corrected chi connectivity index (χ1v) is 16.1. The van der Waals surface area contributed by atoms with E-state index in [-0.39, 0.29) is 38.8 Å². The molecule has 0 rings (SSSR count). The molecule has 0 saturated heterocycles. The molecule has 0 unspecified atom stereocenters. The Hall–Kier alpha value is -3.91. The van der Waals surface area contributed by atoms with Gasteiger partial charge in [0.15, 0.2) is 0 Å². The maximum absolute atomic E-state index is 13.4. The quantitative estimate of drug-likeness (QED) is 0.0402. The number of carboxylic acids is 1. The van der Waals surface area contributed by atoms with Gasteiger partial charge in [-0.25, -0.2) is 4.79 Å². The van der Waals surface area contributed by atoms with E-state index in [9.17, 15) is 43.8 Å². The van der Waals surface area contributed by atoms with Crippen LogP contribution in [-0.4, -0.2) is 114 Å². The Morgan fingerprint density at radius 3 is 1.52 bits per heavy atom. The molecule has 0 aliphatic heterocycles. The predicted molar refractivity (Wildman–Crippen MR) is 175 cm³/mol. The molecule has 0 heterocycles. The second-order valence-electron chi connectivity index (χ2n) is 11.9. The van der Waals surface area contributed by atoms with Crippen molar-refractivity contribution in [3.63, 3.8) is 0 Å². The number of hydrogen-bond acceptors (Lipinski definition) is 12. The molecule has 276 valence electrons. The average Bonchev–Trinajstić information content (AvgIpc) is 3.00. The van der Waals surface area contributed by atoms with Crippen molar-refractivity contribution in [3.05, 3.63) is 0 Å². The van der Waals surface area contributed by atoms with Crippen molar-refractivity contribution in [1.29, 1.82) is 0 Å². The van der Waals surface area contributed by atoms with Gasteiger partial charge in [-0.3, -0.25) is 28.8 Å². The van der Waals surface area contributed by atoms with Gasteiger partial charge in [-0.05, 0) is 71.0 Å². The monoisotopic (exact) mass is 688 g/mol. The first-order chi connectivity index (χ1) is 22.5. The van der Waals surface area contributed by atoms with Gasteiger partial charge in [-0.2, -0.15) is 0 Å². The summed E-state index contributed by atoms with van der Waals surface area (Å²) in [4.78, 5) is 88.8. The fourth-order valence-corrected chi connectivity index (χ4v) is 4.47. The van der Waals surface area contributed by atoms with Crippen LogP contribution in [0.4, 0.5) is 0 Å². The number of nitrogens with two attached hydrogens (primary N) is 5. The Kier molecular flexibility index (Phi) is 21.5. The maximum Gasteiger partial charge on any atom is 0.326 e. The fraction of sp³-hybridized carbons (Fsp3) is 0.759. The van der Waals surface area contributed by atoms with Gasteiger partial charge < -0.3 is 65.5 Å². The van der Waals surface area contributed by atoms with E-state index in [4.69, 9.17) is 28.7 Å². The zero-order valence-corrected chi connectivity index (χ0v) is 28.0. The standard InChI is InChI=1S/C29H56N10O9/c1-15(2)22(27(45)37-20(14-21(34)41)26(44)36-19(29(47)48)10-7-13-32)38-25(43)18(9-6-12-31)35-28(46)23(16(3)40)39-24(42)17(33)8-4-5-11-30/h15-20,22-23,40H,4-14,30-33H2,1-3H3,(H2,34,41)(H,35,46)(H,36,44)(H,37,45)(H,38,43)(H,39,42)(H,47,48)/t16-,17+,18+,19+,20+,22+,23+/m1/s1. The lowest BCUT2D eigenvalue weighted by atomic mass is 10.0. The number of primary amides is 1. The third-order valence-electron chi connectivity index (χ3n) is 7.30. The van der Waals surface area contributed by atoms with Gasteiger partial charge >= 0.3 is 5.97 Å². The zero-order valence-electron chi connectivity index (χ0n) is 28.0. The van der Waals surface area contributed by atoms with E-state index in [0.717, 1.165) is 0 Å². The molecule has 0 aliphatic carbocycles. The second kappa shape index (κ2) is 23.4. The third-order valence-corrected chi connectivity index (χ3v) is 7.30. The molecule has 19 nitrogen and oxygen atoms in total. The Labute approximate surface area is 280 Å². The normalized spacial score (nSPS) is 15.5. The van der Waals surface area contributed by atoms with Crippen LogP contribution < -0.4 is 55.3 Å². The van der Waals surface area contributed by atoms with Gasteiger partial charge in [0.25, 0.3) is 0 Å². The number of aliphatic hydroxyl groups is 1. The number of nitrogens with one attached hydrogen (secondary N) is 5. The molecule has 7 atom stereocenters. The van der Waals surface area contributed by atoms with Gasteiger partial charge in [0, 0.05) is 0 Å². The highest BCUT2D eigenvalue weighted by atomic mass is 16.4. The number of carboxylic acid groups (broad SMARTS) is 1. The minimum atomic E-state index is -1.57. The summed E-state index contributed by atoms with van der Waals surface area (Å²) in [5.41, 5.74) is 27.7. The van der Waals surface area contributed by atoms with Crippen molar-refractivity contribution in [2.75, 3.05) is 19.6 Å². The molecule has 0 aromatic carbocycles. The van der Waals surface area contributed by atoms with Gasteiger partial charge in [-0.1, -0.05) is 20.3 Å². The summed E-state index contributed by atoms with van der Waals surface area (Å²) in [6.07, 6.45) is 0.0445. The molecule has 0 fully saturated rings. The van der Waals surface area contributed by atoms with E-state index in [0.29, 0.717) is 25.8 Å². The molecule has 48 heavy (non-hydrogen) atoms. The molecule has 0 bridgehead atoms. The van der Waals surface area contributed by atoms with E-state index in [1.165, 1.54) is 6.92 Å². The van der Waals surface area contributed by atoms with Crippen molar-refractivity contribution in [2.24, 2.45) is 34.6 Å². The van der Waals surface area contributed by atoms with Crippen molar-refractivity contribution in [2.45, 2.75) is 114 Å². The molecule has 0 aromatic heterocycles. The van der Waals surface area contributed by atoms with Crippen LogP contribution >= 0.6 is 0 Å². The zero-order chi connectivity index (χ0) is 37.0. The van der Waals surface area contributed by atoms with Crippen LogP contribution in [0.15, 0.2) is 0 Å². The van der Waals surface area contributed by atoms with Crippen molar-refractivity contribution in [3.8, 4) is 0 Å². The summed E-state index contributed by atoms with van der Waals surface area (Å²) in [7, 11) is 0. The van der Waals surface area contributed by atoms with Crippen molar-refractivity contribution >= 4 is 41.4 Å². The molecule has 19 heteroatoms. The highest BCUT2D eigenvalue weighted by molar-refractivity contribution is 5.97. The van der Waals surface area contributed by atoms with Crippen LogP contribution in [0.5, 0.6) is 0 Å². The number of hydrogen-bond donors (Lipinski definition) is 12. The lowest BCUT2D eigenvalue weighted by Crippen LogP contribution is -2.61. The van der Waals surface area contributed by atoms with Gasteiger partial charge in [0.05, 0.1) is 18.6 Å². The summed E-state index contributed by atoms with van der Waals surface area (Å²) >= 11 is 0. The van der Waals surface area contributed by atoms with Crippen LogP contribution in [0.2, 0.25) is 0 Å². The highest BCUT2D eigenvalue weighted by Crippen LogP contribution is 2.08. The lowest BCUT2D eigenvalue weighted by molar-refractivity contribution is -0.142. The van der Waals surface area contributed by atoms with E-state index in [1.807, 2.05) is 0 Å². The number of unbranched alkanes of at least 4 members (excludes halogenated alkanes) is 1. The molecule has 0 radical (unpaired) electrons. The van der Waals surface area contributed by atoms with E-state index < -0.39 is 96.1 Å². The van der Waals surface area contributed by atoms with E-state index >= 15 is 0 Å². The highest BCUT2D eigenvalue weighted by Gasteiger charge is 2.35.